The number of amides is 1. The number of piperazine rings is 1. The van der Waals surface area contributed by atoms with E-state index in [0.717, 1.165) is 10.0 Å². The molecule has 0 saturated carbocycles. The Kier molecular flexibility index (Phi) is 5.54. The van der Waals surface area contributed by atoms with Crippen LogP contribution in [0.2, 0.25) is 0 Å². The Morgan fingerprint density at radius 2 is 2.04 bits per heavy atom. The molecule has 0 radical (unpaired) electrons. The van der Waals surface area contributed by atoms with Crippen LogP contribution < -0.4 is 4.90 Å². The van der Waals surface area contributed by atoms with E-state index in [1.54, 1.807) is 29.5 Å². The van der Waals surface area contributed by atoms with Gasteiger partial charge in [-0.1, -0.05) is 23.9 Å². The smallest absolute Gasteiger partial charge is 0.292 e. The summed E-state index contributed by atoms with van der Waals surface area (Å²) in [5, 5.41) is 13.1. The van der Waals surface area contributed by atoms with Crippen LogP contribution in [0.5, 0.6) is 0 Å². The summed E-state index contributed by atoms with van der Waals surface area (Å²) in [6.07, 6.45) is 0. The lowest BCUT2D eigenvalue weighted by Crippen LogP contribution is -2.49. The fraction of sp³-hybridized carbons (Fsp3) is 0.375. The topological polar surface area (TPSA) is 79.6 Å². The zero-order chi connectivity index (χ0) is 17.8. The Hall–Kier alpha value is -2.13. The van der Waals surface area contributed by atoms with Crippen LogP contribution in [0.15, 0.2) is 34.0 Å². The normalized spacial score (nSPS) is 14.6. The summed E-state index contributed by atoms with van der Waals surface area (Å²) in [6.45, 7) is 4.27. The second-order valence-electron chi connectivity index (χ2n) is 5.66. The maximum atomic E-state index is 12.4. The molecule has 2 heterocycles. The molecule has 1 fully saturated rings. The maximum Gasteiger partial charge on any atom is 0.292 e. The number of rotatable bonds is 5. The van der Waals surface area contributed by atoms with E-state index in [-0.39, 0.29) is 16.5 Å². The van der Waals surface area contributed by atoms with Gasteiger partial charge in [0.25, 0.3) is 5.69 Å². The molecule has 0 spiro atoms. The van der Waals surface area contributed by atoms with E-state index in [2.05, 4.69) is 4.98 Å². The summed E-state index contributed by atoms with van der Waals surface area (Å²) in [7, 11) is 0. The molecule has 1 aromatic heterocycles. The highest BCUT2D eigenvalue weighted by Gasteiger charge is 2.25. The van der Waals surface area contributed by atoms with Crippen molar-refractivity contribution in [1.82, 2.24) is 9.88 Å². The van der Waals surface area contributed by atoms with E-state index >= 15 is 0 Å². The van der Waals surface area contributed by atoms with E-state index in [0.29, 0.717) is 37.6 Å². The van der Waals surface area contributed by atoms with Crippen molar-refractivity contribution in [2.45, 2.75) is 11.3 Å². The summed E-state index contributed by atoms with van der Waals surface area (Å²) >= 11 is 3.01. The standard InChI is InChI=1S/C16H18N4O3S2/c1-12-10-24-16(17-12)25-11-15(21)19-8-6-18(7-9-19)13-4-2-3-5-14(13)20(22)23/h2-5,10H,6-9,11H2,1H3. The second-order valence-corrected chi connectivity index (χ2v) is 7.74. The van der Waals surface area contributed by atoms with Gasteiger partial charge in [-0.05, 0) is 13.0 Å². The van der Waals surface area contributed by atoms with E-state index < -0.39 is 0 Å². The van der Waals surface area contributed by atoms with Crippen LogP contribution in [0.1, 0.15) is 5.69 Å². The van der Waals surface area contributed by atoms with Gasteiger partial charge in [-0.3, -0.25) is 14.9 Å². The van der Waals surface area contributed by atoms with E-state index in [4.69, 9.17) is 0 Å². The van der Waals surface area contributed by atoms with Crippen LogP contribution in [-0.2, 0) is 4.79 Å². The first-order chi connectivity index (χ1) is 12.0. The largest absolute Gasteiger partial charge is 0.362 e. The summed E-state index contributed by atoms with van der Waals surface area (Å²) in [4.78, 5) is 31.3. The number of carbonyl (C=O) groups excluding carboxylic acids is 1. The van der Waals surface area contributed by atoms with Crippen molar-refractivity contribution in [3.05, 3.63) is 45.5 Å². The average molecular weight is 378 g/mol. The molecule has 132 valence electrons. The van der Waals surface area contributed by atoms with Gasteiger partial charge in [-0.25, -0.2) is 4.98 Å². The number of anilines is 1. The summed E-state index contributed by atoms with van der Waals surface area (Å²) < 4.78 is 0.907. The number of aromatic nitrogens is 1. The van der Waals surface area contributed by atoms with Gasteiger partial charge in [0.15, 0.2) is 4.34 Å². The van der Waals surface area contributed by atoms with Crippen LogP contribution in [0.3, 0.4) is 0 Å². The molecule has 1 aliphatic heterocycles. The number of hydrogen-bond acceptors (Lipinski definition) is 7. The zero-order valence-corrected chi connectivity index (χ0v) is 15.4. The number of nitrogens with zero attached hydrogens (tertiary/aromatic N) is 4. The number of aryl methyl sites for hydroxylation is 1. The number of carbonyl (C=O) groups is 1. The number of nitro benzene ring substituents is 1. The predicted molar refractivity (Wildman–Crippen MR) is 99.5 cm³/mol. The van der Waals surface area contributed by atoms with Crippen molar-refractivity contribution in [3.63, 3.8) is 0 Å². The zero-order valence-electron chi connectivity index (χ0n) is 13.8. The maximum absolute atomic E-state index is 12.4. The lowest BCUT2D eigenvalue weighted by atomic mass is 10.2. The molecule has 0 bridgehead atoms. The van der Waals surface area contributed by atoms with Crippen molar-refractivity contribution in [3.8, 4) is 0 Å². The Balaban J connectivity index is 1.55. The minimum atomic E-state index is -0.362. The fourth-order valence-electron chi connectivity index (χ4n) is 2.70. The number of nitro groups is 1. The third-order valence-corrected chi connectivity index (χ3v) is 6.09. The summed E-state index contributed by atoms with van der Waals surface area (Å²) in [5.74, 6) is 0.457. The molecule has 3 rings (SSSR count). The van der Waals surface area contributed by atoms with Crippen LogP contribution in [0.4, 0.5) is 11.4 Å². The van der Waals surface area contributed by atoms with Crippen LogP contribution in [0, 0.1) is 17.0 Å². The molecule has 0 unspecified atom stereocenters. The molecule has 7 nitrogen and oxygen atoms in total. The van der Waals surface area contributed by atoms with Crippen molar-refractivity contribution in [2.75, 3.05) is 36.8 Å². The molecule has 1 aromatic carbocycles. The molecule has 1 aliphatic rings. The third kappa shape index (κ3) is 4.29. The van der Waals surface area contributed by atoms with E-state index in [1.807, 2.05) is 22.1 Å². The molecule has 2 aromatic rings. The lowest BCUT2D eigenvalue weighted by molar-refractivity contribution is -0.384. The first kappa shape index (κ1) is 17.7. The lowest BCUT2D eigenvalue weighted by Gasteiger charge is -2.35. The number of para-hydroxylation sites is 2. The highest BCUT2D eigenvalue weighted by atomic mass is 32.2. The van der Waals surface area contributed by atoms with Gasteiger partial charge in [0, 0.05) is 43.3 Å². The summed E-state index contributed by atoms with van der Waals surface area (Å²) in [5.41, 5.74) is 1.70. The van der Waals surface area contributed by atoms with Gasteiger partial charge in [0.05, 0.1) is 10.7 Å². The Labute approximate surface area is 153 Å². The molecule has 9 heteroatoms. The minimum absolute atomic E-state index is 0.0834. The van der Waals surface area contributed by atoms with Gasteiger partial charge in [-0.15, -0.1) is 11.3 Å². The molecule has 0 atom stereocenters. The van der Waals surface area contributed by atoms with Crippen LogP contribution in [-0.4, -0.2) is 52.6 Å². The number of hydrogen-bond donors (Lipinski definition) is 0. The van der Waals surface area contributed by atoms with E-state index in [1.165, 1.54) is 17.8 Å². The van der Waals surface area contributed by atoms with Gasteiger partial charge < -0.3 is 9.80 Å². The van der Waals surface area contributed by atoms with Gasteiger partial charge in [0.2, 0.25) is 5.91 Å². The number of thiazole rings is 1. The number of benzene rings is 1. The highest BCUT2D eigenvalue weighted by molar-refractivity contribution is 8.01. The van der Waals surface area contributed by atoms with Crippen molar-refractivity contribution < 1.29 is 9.72 Å². The highest BCUT2D eigenvalue weighted by Crippen LogP contribution is 2.28. The second kappa shape index (κ2) is 7.83. The molecule has 25 heavy (non-hydrogen) atoms. The number of thioether (sulfide) groups is 1. The van der Waals surface area contributed by atoms with Crippen molar-refractivity contribution >= 4 is 40.4 Å². The minimum Gasteiger partial charge on any atom is -0.362 e. The predicted octanol–water partition coefficient (Wildman–Crippen LogP) is 2.80. The quantitative estimate of drug-likeness (QED) is 0.452. The van der Waals surface area contributed by atoms with Gasteiger partial charge in [0.1, 0.15) is 5.69 Å². The molecule has 1 saturated heterocycles. The van der Waals surface area contributed by atoms with Crippen LogP contribution in [0.25, 0.3) is 0 Å². The van der Waals surface area contributed by atoms with Crippen LogP contribution >= 0.6 is 23.1 Å². The first-order valence-corrected chi connectivity index (χ1v) is 9.72. The Bertz CT molecular complexity index is 772. The van der Waals surface area contributed by atoms with Gasteiger partial charge in [-0.2, -0.15) is 0 Å². The van der Waals surface area contributed by atoms with Crippen molar-refractivity contribution in [2.24, 2.45) is 0 Å². The molecule has 1 amide bonds. The first-order valence-electron chi connectivity index (χ1n) is 7.85. The fourth-order valence-corrected chi connectivity index (χ4v) is 4.45. The van der Waals surface area contributed by atoms with E-state index in [9.17, 15) is 14.9 Å². The molecular formula is C16H18N4O3S2. The third-order valence-electron chi connectivity index (χ3n) is 3.97. The van der Waals surface area contributed by atoms with Crippen molar-refractivity contribution in [1.29, 1.82) is 0 Å². The monoisotopic (exact) mass is 378 g/mol. The Morgan fingerprint density at radius 3 is 2.68 bits per heavy atom. The Morgan fingerprint density at radius 1 is 1.32 bits per heavy atom. The molecular weight excluding hydrogens is 360 g/mol. The van der Waals surface area contributed by atoms with Gasteiger partial charge >= 0.3 is 0 Å². The average Bonchev–Trinajstić information content (AvgIpc) is 3.05. The molecule has 0 N–H and O–H groups in total. The molecule has 0 aliphatic carbocycles. The summed E-state index contributed by atoms with van der Waals surface area (Å²) in [6, 6.07) is 6.74. The SMILES string of the molecule is Cc1csc(SCC(=O)N2CCN(c3ccccc3[N+](=O)[O-])CC2)n1.